The van der Waals surface area contributed by atoms with Gasteiger partial charge in [0, 0.05) is 0 Å². The third-order valence-corrected chi connectivity index (χ3v) is 6.11. The van der Waals surface area contributed by atoms with Gasteiger partial charge in [0.25, 0.3) is 10.1 Å². The van der Waals surface area contributed by atoms with Crippen molar-refractivity contribution >= 4 is 10.1 Å². The van der Waals surface area contributed by atoms with Gasteiger partial charge in [-0.05, 0) is 24.3 Å². The number of ether oxygens (including phenoxy) is 1. The summed E-state index contributed by atoms with van der Waals surface area (Å²) in [4.78, 5) is -1.32. The largest absolute Gasteiger partial charge is 0.471 e. The van der Waals surface area contributed by atoms with Crippen molar-refractivity contribution < 1.29 is 119 Å². The second kappa shape index (κ2) is 10.4. The predicted octanol–water partition coefficient (Wildman–Crippen LogP) is 8.18. The molecule has 0 unspecified atom stereocenters. The molecule has 4 nitrogen and oxygen atoms in total. The highest BCUT2D eigenvalue weighted by atomic mass is 32.2. The first-order chi connectivity index (χ1) is 19.2. The molecule has 1 aromatic carbocycles. The minimum Gasteiger partial charge on any atom is -0.428 e. The molecule has 1 N–H and O–H groups in total. The first-order valence-electron chi connectivity index (χ1n) is 9.80. The van der Waals surface area contributed by atoms with E-state index < -0.39 is 86.4 Å². The quantitative estimate of drug-likeness (QED) is 0.174. The van der Waals surface area contributed by atoms with E-state index in [2.05, 4.69) is 4.74 Å². The van der Waals surface area contributed by atoms with Crippen LogP contribution in [0.1, 0.15) is 0 Å². The van der Waals surface area contributed by atoms with Crippen LogP contribution >= 0.6 is 0 Å². The Kier molecular flexibility index (Phi) is 9.34. The Morgan fingerprint density at radius 2 is 0.667 bits per heavy atom. The van der Waals surface area contributed by atoms with Crippen LogP contribution in [0.25, 0.3) is 0 Å². The SMILES string of the molecule is O=S(=O)(O)c1ccc(OC(F)(F)C(F)(F)C(F)(F)C(F)(F)C(F)(F)C(F)(F)C(F)(F)C(F)(F)C(F)(F)C(F)(F)C(F)(F)F)cc1. The Morgan fingerprint density at radius 3 is 0.911 bits per heavy atom. The fraction of sp³-hybridized carbons (Fsp3) is 0.647. The van der Waals surface area contributed by atoms with Gasteiger partial charge in [0.2, 0.25) is 0 Å². The molecular formula is C17H5F23O4S. The van der Waals surface area contributed by atoms with E-state index in [1.807, 2.05) is 0 Å². The fourth-order valence-electron chi connectivity index (χ4n) is 2.63. The number of benzene rings is 1. The van der Waals surface area contributed by atoms with Gasteiger partial charge in [0.05, 0.1) is 4.90 Å². The molecule has 264 valence electrons. The number of hydrogen-bond acceptors (Lipinski definition) is 3. The van der Waals surface area contributed by atoms with Gasteiger partial charge in [0.1, 0.15) is 5.75 Å². The normalized spacial score (nSPS) is 16.2. The van der Waals surface area contributed by atoms with Gasteiger partial charge in [0.15, 0.2) is 0 Å². The van der Waals surface area contributed by atoms with Gasteiger partial charge >= 0.3 is 65.6 Å². The lowest BCUT2D eigenvalue weighted by Gasteiger charge is -2.45. The number of rotatable bonds is 12. The van der Waals surface area contributed by atoms with Gasteiger partial charge in [-0.15, -0.1) is 0 Å². The van der Waals surface area contributed by atoms with E-state index in [0.717, 1.165) is 0 Å². The summed E-state index contributed by atoms with van der Waals surface area (Å²) in [6.07, 6.45) is -15.6. The zero-order valence-electron chi connectivity index (χ0n) is 19.6. The topological polar surface area (TPSA) is 63.6 Å². The summed E-state index contributed by atoms with van der Waals surface area (Å²) in [6, 6.07) is -0.737. The number of hydrogen-bond donors (Lipinski definition) is 1. The van der Waals surface area contributed by atoms with Crippen LogP contribution < -0.4 is 4.74 Å². The van der Waals surface area contributed by atoms with E-state index in [1.54, 1.807) is 0 Å². The average molecular weight is 742 g/mol. The summed E-state index contributed by atoms with van der Waals surface area (Å²) < 4.78 is 341. The molecule has 0 aliphatic heterocycles. The van der Waals surface area contributed by atoms with Gasteiger partial charge in [-0.3, -0.25) is 4.55 Å². The van der Waals surface area contributed by atoms with Crippen LogP contribution in [0.5, 0.6) is 5.75 Å². The Labute approximate surface area is 230 Å². The van der Waals surface area contributed by atoms with Crippen molar-refractivity contribution in [2.45, 2.75) is 70.5 Å². The first kappa shape index (κ1) is 40.3. The van der Waals surface area contributed by atoms with Crippen molar-refractivity contribution in [2.75, 3.05) is 0 Å². The Hall–Kier alpha value is -2.68. The molecule has 0 aromatic heterocycles. The maximum Gasteiger partial charge on any atom is 0.471 e. The summed E-state index contributed by atoms with van der Waals surface area (Å²) in [5, 5.41) is 0. The molecular weight excluding hydrogens is 737 g/mol. The van der Waals surface area contributed by atoms with Crippen LogP contribution in [-0.2, 0) is 10.1 Å². The monoisotopic (exact) mass is 742 g/mol. The smallest absolute Gasteiger partial charge is 0.428 e. The zero-order valence-corrected chi connectivity index (χ0v) is 20.4. The van der Waals surface area contributed by atoms with Crippen molar-refractivity contribution in [3.8, 4) is 5.75 Å². The van der Waals surface area contributed by atoms with E-state index in [9.17, 15) is 109 Å². The van der Waals surface area contributed by atoms with E-state index in [4.69, 9.17) is 4.55 Å². The van der Waals surface area contributed by atoms with Crippen LogP contribution in [0.15, 0.2) is 29.2 Å². The molecule has 0 aliphatic rings. The summed E-state index contributed by atoms with van der Waals surface area (Å²) in [5.41, 5.74) is 0. The highest BCUT2D eigenvalue weighted by Gasteiger charge is 2.99. The van der Waals surface area contributed by atoms with Crippen LogP contribution in [0.4, 0.5) is 101 Å². The molecule has 0 heterocycles. The van der Waals surface area contributed by atoms with Gasteiger partial charge < -0.3 is 4.74 Å². The summed E-state index contributed by atoms with van der Waals surface area (Å²) >= 11 is 0. The van der Waals surface area contributed by atoms with E-state index in [-0.39, 0.29) is 24.3 Å². The third-order valence-electron chi connectivity index (χ3n) is 5.24. The van der Waals surface area contributed by atoms with Crippen molar-refractivity contribution in [1.82, 2.24) is 0 Å². The minimum absolute atomic E-state index is 0.0826. The summed E-state index contributed by atoms with van der Waals surface area (Å²) in [7, 11) is -5.24. The molecule has 1 aromatic rings. The predicted molar refractivity (Wildman–Crippen MR) is 92.4 cm³/mol. The van der Waals surface area contributed by atoms with Crippen LogP contribution in [0.3, 0.4) is 0 Å². The Morgan fingerprint density at radius 1 is 0.422 bits per heavy atom. The molecule has 28 heteroatoms. The highest BCUT2D eigenvalue weighted by molar-refractivity contribution is 7.85. The van der Waals surface area contributed by atoms with Crippen LogP contribution in [-0.4, -0.2) is 78.6 Å². The molecule has 0 fully saturated rings. The zero-order chi connectivity index (χ0) is 36.7. The molecule has 0 bridgehead atoms. The van der Waals surface area contributed by atoms with Crippen molar-refractivity contribution in [3.63, 3.8) is 0 Å². The van der Waals surface area contributed by atoms with Crippen molar-refractivity contribution in [2.24, 2.45) is 0 Å². The Balaban J connectivity index is 3.76. The summed E-state index contributed by atoms with van der Waals surface area (Å²) in [5.74, 6) is -84.2. The highest BCUT2D eigenvalue weighted by Crippen LogP contribution is 2.67. The van der Waals surface area contributed by atoms with Crippen LogP contribution in [0, 0.1) is 0 Å². The fourth-order valence-corrected chi connectivity index (χ4v) is 3.11. The van der Waals surface area contributed by atoms with E-state index in [0.29, 0.717) is 0 Å². The second-order valence-corrected chi connectivity index (χ2v) is 9.65. The molecule has 1 rings (SSSR count). The molecule has 0 saturated carbocycles. The molecule has 0 saturated heterocycles. The van der Waals surface area contributed by atoms with Gasteiger partial charge in [-0.25, -0.2) is 0 Å². The lowest BCUT2D eigenvalue weighted by Crippen LogP contribution is -2.77. The molecule has 0 amide bonds. The molecule has 0 spiro atoms. The molecule has 0 aliphatic carbocycles. The van der Waals surface area contributed by atoms with Gasteiger partial charge in [-0.1, -0.05) is 0 Å². The number of halogens is 23. The van der Waals surface area contributed by atoms with Crippen molar-refractivity contribution in [1.29, 1.82) is 0 Å². The van der Waals surface area contributed by atoms with Crippen molar-refractivity contribution in [3.05, 3.63) is 24.3 Å². The third kappa shape index (κ3) is 5.44. The lowest BCUT2D eigenvalue weighted by atomic mass is 9.86. The maximum absolute atomic E-state index is 13.9. The maximum atomic E-state index is 13.9. The summed E-state index contributed by atoms with van der Waals surface area (Å²) in [6.45, 7) is 0. The standard InChI is InChI=1S/C17H5F23O4S/c18-7(19,8(20,21)10(24,25)12(28,29)14(32,33)16(36,37)38)9(22,23)11(26,27)13(30,31)15(34,35)17(39,40)44-5-1-3-6(4-2-5)45(41,42)43/h1-4H,(H,41,42,43). The number of alkyl halides is 23. The molecule has 45 heavy (non-hydrogen) atoms. The van der Waals surface area contributed by atoms with Gasteiger partial charge in [-0.2, -0.15) is 109 Å². The average Bonchev–Trinajstić information content (AvgIpc) is 2.81. The Bertz CT molecular complexity index is 1350. The van der Waals surface area contributed by atoms with Crippen LogP contribution in [0.2, 0.25) is 0 Å². The molecule has 0 radical (unpaired) electrons. The van der Waals surface area contributed by atoms with E-state index in [1.165, 1.54) is 0 Å². The first-order valence-corrected chi connectivity index (χ1v) is 11.2. The second-order valence-electron chi connectivity index (χ2n) is 8.23. The van der Waals surface area contributed by atoms with E-state index >= 15 is 0 Å². The molecule has 0 atom stereocenters. The lowest BCUT2D eigenvalue weighted by molar-refractivity contribution is -0.483. The minimum atomic E-state index is -9.51.